The lowest BCUT2D eigenvalue weighted by Gasteiger charge is -2.16. The van der Waals surface area contributed by atoms with E-state index < -0.39 is 0 Å². The average Bonchev–Trinajstić information content (AvgIpc) is 3.30. The zero-order valence-electron chi connectivity index (χ0n) is 16.4. The normalized spacial score (nSPS) is 15.7. The molecule has 0 aliphatic carbocycles. The van der Waals surface area contributed by atoms with Crippen LogP contribution < -0.4 is 14.8 Å². The molecule has 1 aliphatic rings. The van der Waals surface area contributed by atoms with E-state index in [0.717, 1.165) is 23.0 Å². The lowest BCUT2D eigenvalue weighted by atomic mass is 10.2. The van der Waals surface area contributed by atoms with Crippen LogP contribution in [0, 0.1) is 0 Å². The summed E-state index contributed by atoms with van der Waals surface area (Å²) in [6.07, 6.45) is 5.59. The van der Waals surface area contributed by atoms with Crippen LogP contribution in [0.25, 0.3) is 10.9 Å². The van der Waals surface area contributed by atoms with Crippen LogP contribution >= 0.6 is 11.6 Å². The van der Waals surface area contributed by atoms with E-state index >= 15 is 0 Å². The third-order valence-corrected chi connectivity index (χ3v) is 5.04. The highest BCUT2D eigenvalue weighted by molar-refractivity contribution is 6.32. The molecule has 1 atom stereocenters. The smallest absolute Gasteiger partial charge is 0.321 e. The van der Waals surface area contributed by atoms with Gasteiger partial charge < -0.3 is 19.5 Å². The Kier molecular flexibility index (Phi) is 5.47. The maximum absolute atomic E-state index is 6.42. The van der Waals surface area contributed by atoms with Gasteiger partial charge in [-0.05, 0) is 36.4 Å². The minimum Gasteiger partial charge on any atom is -0.487 e. The van der Waals surface area contributed by atoms with Crippen molar-refractivity contribution >= 4 is 34.0 Å². The standard InChI is InChI=1S/C22H18ClN5O3/c23-16-11-14(5-6-18(16)31-22-24-8-2-9-25-22)28-21-20-17(26-13-27-21)3-1-4-19(20)30-15-7-10-29-12-15/h1-6,8-9,11,13,15H,7,10,12H2,(H,26,27,28). The van der Waals surface area contributed by atoms with Crippen LogP contribution in [0.3, 0.4) is 0 Å². The van der Waals surface area contributed by atoms with E-state index in [4.69, 9.17) is 25.8 Å². The minimum absolute atomic E-state index is 0.0183. The summed E-state index contributed by atoms with van der Waals surface area (Å²) in [6.45, 7) is 1.28. The number of ether oxygens (including phenoxy) is 3. The van der Waals surface area contributed by atoms with Crippen molar-refractivity contribution in [2.75, 3.05) is 18.5 Å². The zero-order valence-corrected chi connectivity index (χ0v) is 17.1. The molecule has 5 rings (SSSR count). The van der Waals surface area contributed by atoms with Crippen LogP contribution in [-0.4, -0.2) is 39.3 Å². The largest absolute Gasteiger partial charge is 0.487 e. The number of benzene rings is 2. The Labute approximate surface area is 183 Å². The van der Waals surface area contributed by atoms with Gasteiger partial charge in [0.1, 0.15) is 29.7 Å². The molecule has 9 heteroatoms. The van der Waals surface area contributed by atoms with Crippen LogP contribution in [0.5, 0.6) is 17.5 Å². The summed E-state index contributed by atoms with van der Waals surface area (Å²) in [7, 11) is 0. The third kappa shape index (κ3) is 4.35. The van der Waals surface area contributed by atoms with Gasteiger partial charge in [-0.1, -0.05) is 17.7 Å². The molecule has 1 saturated heterocycles. The highest BCUT2D eigenvalue weighted by Gasteiger charge is 2.20. The van der Waals surface area contributed by atoms with Gasteiger partial charge in [-0.25, -0.2) is 19.9 Å². The Balaban J connectivity index is 1.43. The number of anilines is 2. The lowest BCUT2D eigenvalue weighted by Crippen LogP contribution is -2.16. The van der Waals surface area contributed by atoms with E-state index in [2.05, 4.69) is 25.3 Å². The molecule has 0 spiro atoms. The second kappa shape index (κ2) is 8.71. The number of hydrogen-bond donors (Lipinski definition) is 1. The van der Waals surface area contributed by atoms with Gasteiger partial charge in [-0.15, -0.1) is 0 Å². The van der Waals surface area contributed by atoms with Crippen LogP contribution in [0.1, 0.15) is 6.42 Å². The summed E-state index contributed by atoms with van der Waals surface area (Å²) in [5.74, 6) is 1.79. The van der Waals surface area contributed by atoms with Crippen molar-refractivity contribution < 1.29 is 14.2 Å². The molecule has 0 saturated carbocycles. The fourth-order valence-electron chi connectivity index (χ4n) is 3.29. The van der Waals surface area contributed by atoms with Crippen molar-refractivity contribution in [3.8, 4) is 17.5 Å². The molecule has 0 amide bonds. The number of hydrogen-bond acceptors (Lipinski definition) is 8. The SMILES string of the molecule is Clc1cc(Nc2ncnc3cccc(OC4CCOC4)c23)ccc1Oc1ncccn1. The summed E-state index contributed by atoms with van der Waals surface area (Å²) >= 11 is 6.42. The van der Waals surface area contributed by atoms with Crippen LogP contribution in [0.15, 0.2) is 61.2 Å². The maximum atomic E-state index is 6.42. The molecule has 156 valence electrons. The molecule has 1 N–H and O–H groups in total. The molecule has 1 unspecified atom stereocenters. The summed E-state index contributed by atoms with van der Waals surface area (Å²) < 4.78 is 17.2. The topological polar surface area (TPSA) is 91.3 Å². The molecule has 0 bridgehead atoms. The van der Waals surface area contributed by atoms with Crippen molar-refractivity contribution in [2.45, 2.75) is 12.5 Å². The Bertz CT molecular complexity index is 1200. The quantitative estimate of drug-likeness (QED) is 0.462. The highest BCUT2D eigenvalue weighted by Crippen LogP contribution is 2.35. The highest BCUT2D eigenvalue weighted by atomic mass is 35.5. The first-order chi connectivity index (χ1) is 15.3. The number of fused-ring (bicyclic) bond motifs is 1. The fourth-order valence-corrected chi connectivity index (χ4v) is 3.51. The van der Waals surface area contributed by atoms with Crippen LogP contribution in [0.2, 0.25) is 5.02 Å². The molecular weight excluding hydrogens is 418 g/mol. The van der Waals surface area contributed by atoms with E-state index in [0.29, 0.717) is 35.6 Å². The van der Waals surface area contributed by atoms with E-state index in [1.54, 1.807) is 30.6 Å². The number of halogens is 1. The molecular formula is C22H18ClN5O3. The summed E-state index contributed by atoms with van der Waals surface area (Å²) in [6, 6.07) is 13.0. The fraction of sp³-hybridized carbons (Fsp3) is 0.182. The van der Waals surface area contributed by atoms with Gasteiger partial charge in [0.2, 0.25) is 0 Å². The van der Waals surface area contributed by atoms with Crippen molar-refractivity contribution in [3.05, 3.63) is 66.2 Å². The first-order valence-electron chi connectivity index (χ1n) is 9.76. The molecule has 2 aromatic heterocycles. The first-order valence-corrected chi connectivity index (χ1v) is 10.1. The second-order valence-electron chi connectivity index (χ2n) is 6.88. The number of nitrogens with zero attached hydrogens (tertiary/aromatic N) is 4. The third-order valence-electron chi connectivity index (χ3n) is 4.74. The number of nitrogens with one attached hydrogen (secondary N) is 1. The predicted octanol–water partition coefficient (Wildman–Crippen LogP) is 4.78. The van der Waals surface area contributed by atoms with E-state index in [1.807, 2.05) is 24.3 Å². The van der Waals surface area contributed by atoms with Gasteiger partial charge >= 0.3 is 6.01 Å². The Morgan fingerprint density at radius 3 is 2.71 bits per heavy atom. The van der Waals surface area contributed by atoms with Crippen molar-refractivity contribution in [1.82, 2.24) is 19.9 Å². The van der Waals surface area contributed by atoms with E-state index in [9.17, 15) is 0 Å². The van der Waals surface area contributed by atoms with Crippen LogP contribution in [-0.2, 0) is 4.74 Å². The molecule has 3 heterocycles. The number of aromatic nitrogens is 4. The zero-order chi connectivity index (χ0) is 21.0. The summed E-state index contributed by atoms with van der Waals surface area (Å²) in [4.78, 5) is 16.9. The molecule has 8 nitrogen and oxygen atoms in total. The van der Waals surface area contributed by atoms with Crippen molar-refractivity contribution in [1.29, 1.82) is 0 Å². The van der Waals surface area contributed by atoms with Gasteiger partial charge in [0.25, 0.3) is 0 Å². The lowest BCUT2D eigenvalue weighted by molar-refractivity contribution is 0.142. The van der Waals surface area contributed by atoms with Crippen molar-refractivity contribution in [2.24, 2.45) is 0 Å². The Hall–Kier alpha value is -3.49. The van der Waals surface area contributed by atoms with Gasteiger partial charge in [0.05, 0.1) is 29.1 Å². The van der Waals surface area contributed by atoms with Crippen LogP contribution in [0.4, 0.5) is 11.5 Å². The average molecular weight is 436 g/mol. The predicted molar refractivity (Wildman–Crippen MR) is 116 cm³/mol. The van der Waals surface area contributed by atoms with Gasteiger partial charge in [0.15, 0.2) is 0 Å². The second-order valence-corrected chi connectivity index (χ2v) is 7.29. The maximum Gasteiger partial charge on any atom is 0.321 e. The molecule has 2 aromatic carbocycles. The van der Waals surface area contributed by atoms with Gasteiger partial charge in [-0.3, -0.25) is 0 Å². The van der Waals surface area contributed by atoms with Gasteiger partial charge in [0, 0.05) is 24.5 Å². The molecule has 1 aliphatic heterocycles. The van der Waals surface area contributed by atoms with Gasteiger partial charge in [-0.2, -0.15) is 0 Å². The first kappa shape index (κ1) is 19.5. The Morgan fingerprint density at radius 2 is 1.90 bits per heavy atom. The minimum atomic E-state index is 0.0183. The number of rotatable bonds is 6. The summed E-state index contributed by atoms with van der Waals surface area (Å²) in [5.41, 5.74) is 1.52. The monoisotopic (exact) mass is 435 g/mol. The molecule has 0 radical (unpaired) electrons. The molecule has 4 aromatic rings. The van der Waals surface area contributed by atoms with E-state index in [1.165, 1.54) is 6.33 Å². The van der Waals surface area contributed by atoms with Crippen molar-refractivity contribution in [3.63, 3.8) is 0 Å². The summed E-state index contributed by atoms with van der Waals surface area (Å²) in [5, 5.41) is 4.52. The molecule has 31 heavy (non-hydrogen) atoms. The molecule has 1 fully saturated rings. The van der Waals surface area contributed by atoms with E-state index in [-0.39, 0.29) is 12.1 Å². The Morgan fingerprint density at radius 1 is 1.00 bits per heavy atom.